The van der Waals surface area contributed by atoms with Crippen molar-refractivity contribution in [1.82, 2.24) is 0 Å². The lowest BCUT2D eigenvalue weighted by Crippen LogP contribution is -2.32. The molecule has 1 rings (SSSR count). The summed E-state index contributed by atoms with van der Waals surface area (Å²) in [6, 6.07) is 2.13. The summed E-state index contributed by atoms with van der Waals surface area (Å²) in [4.78, 5) is 0.368. The van der Waals surface area contributed by atoms with Crippen molar-refractivity contribution in [2.75, 3.05) is 0 Å². The predicted molar refractivity (Wildman–Crippen MR) is 74.5 cm³/mol. The molecule has 0 unspecified atom stereocenters. The first-order chi connectivity index (χ1) is 8.19. The van der Waals surface area contributed by atoms with Crippen molar-refractivity contribution in [3.05, 3.63) is 12.2 Å². The van der Waals surface area contributed by atoms with Gasteiger partial charge in [0.15, 0.2) is 0 Å². The highest BCUT2D eigenvalue weighted by atomic mass is 79.9. The van der Waals surface area contributed by atoms with Crippen molar-refractivity contribution < 1.29 is 4.74 Å². The second kappa shape index (κ2) is 8.13. The number of hydrogen-bond acceptors (Lipinski definition) is 2. The molecule has 0 aromatic carbocycles. The highest BCUT2D eigenvalue weighted by Crippen LogP contribution is 2.26. The number of alkyl halides is 2. The Morgan fingerprint density at radius 2 is 2.12 bits per heavy atom. The molecular formula is C13H19BrClNO. The first kappa shape index (κ1) is 15.0. The van der Waals surface area contributed by atoms with Crippen molar-refractivity contribution >= 4 is 27.5 Å². The lowest BCUT2D eigenvalue weighted by Gasteiger charge is -2.27. The standard InChI is InChI=1S/C13H19BrClNO/c1-2-10(14)12-7-3-4-8-13(17-12)11(15)6-5-9-16/h3-4,10-13H,2,5-8H2,1H3/t10-,11+,12-,13+/m0/s1. The Morgan fingerprint density at radius 3 is 2.71 bits per heavy atom. The second-order valence-electron chi connectivity index (χ2n) is 4.29. The Kier molecular flexibility index (Phi) is 7.18. The fourth-order valence-corrected chi connectivity index (χ4v) is 2.53. The number of ether oxygens (including phenoxy) is 1. The van der Waals surface area contributed by atoms with Crippen LogP contribution in [-0.4, -0.2) is 22.4 Å². The third-order valence-corrected chi connectivity index (χ3v) is 4.72. The lowest BCUT2D eigenvalue weighted by molar-refractivity contribution is -0.00779. The van der Waals surface area contributed by atoms with E-state index in [1.807, 2.05) is 0 Å². The molecule has 1 aliphatic rings. The van der Waals surface area contributed by atoms with Gasteiger partial charge in [-0.2, -0.15) is 5.26 Å². The molecule has 17 heavy (non-hydrogen) atoms. The van der Waals surface area contributed by atoms with E-state index in [9.17, 15) is 0 Å². The zero-order chi connectivity index (χ0) is 12.7. The van der Waals surface area contributed by atoms with Crippen LogP contribution in [0.5, 0.6) is 0 Å². The first-order valence-corrected chi connectivity index (χ1v) is 7.49. The topological polar surface area (TPSA) is 33.0 Å². The van der Waals surface area contributed by atoms with E-state index in [1.54, 1.807) is 0 Å². The van der Waals surface area contributed by atoms with E-state index in [0.29, 0.717) is 17.7 Å². The van der Waals surface area contributed by atoms with Gasteiger partial charge in [0.1, 0.15) is 0 Å². The van der Waals surface area contributed by atoms with E-state index in [0.717, 1.165) is 19.3 Å². The van der Waals surface area contributed by atoms with E-state index in [-0.39, 0.29) is 17.6 Å². The monoisotopic (exact) mass is 319 g/mol. The second-order valence-corrected chi connectivity index (χ2v) is 6.03. The highest BCUT2D eigenvalue weighted by molar-refractivity contribution is 9.09. The largest absolute Gasteiger partial charge is 0.372 e. The lowest BCUT2D eigenvalue weighted by atomic mass is 10.1. The molecule has 96 valence electrons. The molecule has 0 saturated heterocycles. The number of halogens is 2. The average molecular weight is 321 g/mol. The maximum atomic E-state index is 8.58. The zero-order valence-electron chi connectivity index (χ0n) is 10.1. The molecule has 1 heterocycles. The van der Waals surface area contributed by atoms with Crippen LogP contribution in [0.3, 0.4) is 0 Å². The van der Waals surface area contributed by atoms with Gasteiger partial charge in [-0.1, -0.05) is 35.0 Å². The highest BCUT2D eigenvalue weighted by Gasteiger charge is 2.27. The summed E-state index contributed by atoms with van der Waals surface area (Å²) in [5, 5.41) is 8.50. The molecule has 1 aliphatic heterocycles. The van der Waals surface area contributed by atoms with Crippen molar-refractivity contribution in [2.45, 2.75) is 61.4 Å². The maximum absolute atomic E-state index is 8.58. The molecular weight excluding hydrogens is 302 g/mol. The van der Waals surface area contributed by atoms with Gasteiger partial charge >= 0.3 is 0 Å². The van der Waals surface area contributed by atoms with Gasteiger partial charge in [0, 0.05) is 11.2 Å². The Labute approximate surface area is 117 Å². The molecule has 0 bridgehead atoms. The molecule has 4 atom stereocenters. The minimum absolute atomic E-state index is 0.0281. The third kappa shape index (κ3) is 4.99. The van der Waals surface area contributed by atoms with Gasteiger partial charge in [0.05, 0.1) is 23.7 Å². The van der Waals surface area contributed by atoms with E-state index in [4.69, 9.17) is 21.6 Å². The normalized spacial score (nSPS) is 28.1. The van der Waals surface area contributed by atoms with Gasteiger partial charge in [-0.25, -0.2) is 0 Å². The number of nitriles is 1. The molecule has 2 nitrogen and oxygen atoms in total. The van der Waals surface area contributed by atoms with Crippen LogP contribution in [0.1, 0.15) is 39.0 Å². The van der Waals surface area contributed by atoms with E-state index in [2.05, 4.69) is 41.1 Å². The number of rotatable bonds is 5. The molecule has 0 N–H and O–H groups in total. The van der Waals surface area contributed by atoms with Crippen LogP contribution in [0.25, 0.3) is 0 Å². The Bertz CT molecular complexity index is 290. The average Bonchev–Trinajstić information content (AvgIpc) is 2.60. The predicted octanol–water partition coefficient (Wildman–Crippen LogP) is 4.17. The summed E-state index contributed by atoms with van der Waals surface area (Å²) < 4.78 is 6.07. The SMILES string of the molecule is CC[C@H](Br)[C@@H]1CC=CC[C@H]([C@H](Cl)CCC#N)O1. The third-order valence-electron chi connectivity index (χ3n) is 2.98. The summed E-state index contributed by atoms with van der Waals surface area (Å²) >= 11 is 9.95. The smallest absolute Gasteiger partial charge is 0.0777 e. The minimum atomic E-state index is -0.0727. The molecule has 0 spiro atoms. The van der Waals surface area contributed by atoms with E-state index in [1.165, 1.54) is 0 Å². The minimum Gasteiger partial charge on any atom is -0.372 e. The Morgan fingerprint density at radius 1 is 1.47 bits per heavy atom. The summed E-state index contributed by atoms with van der Waals surface area (Å²) in [7, 11) is 0. The summed E-state index contributed by atoms with van der Waals surface area (Å²) in [6.07, 6.45) is 8.53. The van der Waals surface area contributed by atoms with Crippen molar-refractivity contribution in [1.29, 1.82) is 5.26 Å². The Balaban J connectivity index is 2.54. The first-order valence-electron chi connectivity index (χ1n) is 6.14. The fraction of sp³-hybridized carbons (Fsp3) is 0.769. The molecule has 0 radical (unpaired) electrons. The molecule has 0 aromatic heterocycles. The van der Waals surface area contributed by atoms with Crippen LogP contribution in [0.4, 0.5) is 0 Å². The zero-order valence-corrected chi connectivity index (χ0v) is 12.5. The molecule has 0 amide bonds. The van der Waals surface area contributed by atoms with Gasteiger partial charge in [0.25, 0.3) is 0 Å². The summed E-state index contributed by atoms with van der Waals surface area (Å²) in [5.74, 6) is 0. The molecule has 0 aromatic rings. The molecule has 0 fully saturated rings. The van der Waals surface area contributed by atoms with Gasteiger partial charge in [0.2, 0.25) is 0 Å². The number of hydrogen-bond donors (Lipinski definition) is 0. The van der Waals surface area contributed by atoms with Crippen molar-refractivity contribution in [2.24, 2.45) is 0 Å². The van der Waals surface area contributed by atoms with Crippen LogP contribution < -0.4 is 0 Å². The van der Waals surface area contributed by atoms with Crippen molar-refractivity contribution in [3.63, 3.8) is 0 Å². The molecule has 0 saturated carbocycles. The fourth-order valence-electron chi connectivity index (χ4n) is 1.91. The molecule has 0 aliphatic carbocycles. The molecule has 4 heteroatoms. The van der Waals surface area contributed by atoms with Gasteiger partial charge in [-0.15, -0.1) is 11.6 Å². The maximum Gasteiger partial charge on any atom is 0.0777 e. The van der Waals surface area contributed by atoms with Crippen LogP contribution in [0, 0.1) is 11.3 Å². The van der Waals surface area contributed by atoms with E-state index >= 15 is 0 Å². The van der Waals surface area contributed by atoms with Crippen LogP contribution in [-0.2, 0) is 4.74 Å². The summed E-state index contributed by atoms with van der Waals surface area (Å²) in [5.41, 5.74) is 0. The van der Waals surface area contributed by atoms with Gasteiger partial charge in [-0.05, 0) is 25.7 Å². The quantitative estimate of drug-likeness (QED) is 0.562. The van der Waals surface area contributed by atoms with Crippen LogP contribution in [0.15, 0.2) is 12.2 Å². The van der Waals surface area contributed by atoms with Crippen molar-refractivity contribution in [3.8, 4) is 6.07 Å². The van der Waals surface area contributed by atoms with Gasteiger partial charge < -0.3 is 4.74 Å². The Hall–Kier alpha value is -0.0400. The summed E-state index contributed by atoms with van der Waals surface area (Å²) in [6.45, 7) is 2.14. The van der Waals surface area contributed by atoms with Crippen LogP contribution >= 0.6 is 27.5 Å². The number of nitrogens with zero attached hydrogens (tertiary/aromatic N) is 1. The van der Waals surface area contributed by atoms with E-state index < -0.39 is 0 Å². The van der Waals surface area contributed by atoms with Gasteiger partial charge in [-0.3, -0.25) is 0 Å². The van der Waals surface area contributed by atoms with Crippen LogP contribution in [0.2, 0.25) is 0 Å².